The van der Waals surface area contributed by atoms with Crippen molar-refractivity contribution >= 4 is 0 Å². The van der Waals surface area contributed by atoms with E-state index in [0.29, 0.717) is 24.5 Å². The van der Waals surface area contributed by atoms with Crippen LogP contribution < -0.4 is 5.32 Å². The van der Waals surface area contributed by atoms with E-state index in [-0.39, 0.29) is 5.60 Å². The second-order valence-corrected chi connectivity index (χ2v) is 6.34. The van der Waals surface area contributed by atoms with Crippen molar-refractivity contribution in [1.82, 2.24) is 5.32 Å². The first-order valence-electron chi connectivity index (χ1n) is 7.09. The Morgan fingerprint density at radius 3 is 2.71 bits per heavy atom. The molecule has 1 saturated heterocycles. The smallest absolute Gasteiger partial charge is 0.0641 e. The zero-order chi connectivity index (χ0) is 12.3. The van der Waals surface area contributed by atoms with Gasteiger partial charge in [0.25, 0.3) is 0 Å². The second kappa shape index (κ2) is 5.68. The summed E-state index contributed by atoms with van der Waals surface area (Å²) in [5.74, 6) is 1.22. The van der Waals surface area contributed by atoms with Crippen LogP contribution in [0.4, 0.5) is 0 Å². The number of ether oxygens (including phenoxy) is 1. The first kappa shape index (κ1) is 13.3. The van der Waals surface area contributed by atoms with Crippen molar-refractivity contribution in [2.75, 3.05) is 19.8 Å². The van der Waals surface area contributed by atoms with Gasteiger partial charge in [0.1, 0.15) is 0 Å². The van der Waals surface area contributed by atoms with Crippen molar-refractivity contribution in [3.8, 4) is 0 Å². The molecule has 1 saturated carbocycles. The number of rotatable bonds is 4. The number of aliphatic hydroxyl groups is 1. The van der Waals surface area contributed by atoms with Gasteiger partial charge in [-0.25, -0.2) is 0 Å². The van der Waals surface area contributed by atoms with Crippen LogP contribution in [-0.2, 0) is 4.74 Å². The zero-order valence-corrected chi connectivity index (χ0v) is 11.2. The highest BCUT2D eigenvalue weighted by atomic mass is 16.5. The summed E-state index contributed by atoms with van der Waals surface area (Å²) in [6.07, 6.45) is 6.01. The van der Waals surface area contributed by atoms with Crippen LogP contribution in [0.2, 0.25) is 0 Å². The fraction of sp³-hybridized carbons (Fsp3) is 1.00. The van der Waals surface area contributed by atoms with Crippen LogP contribution in [0.1, 0.15) is 46.0 Å². The van der Waals surface area contributed by atoms with Crippen LogP contribution in [0.25, 0.3) is 0 Å². The van der Waals surface area contributed by atoms with Crippen LogP contribution in [0.3, 0.4) is 0 Å². The van der Waals surface area contributed by atoms with Crippen LogP contribution in [0.15, 0.2) is 0 Å². The Kier molecular flexibility index (Phi) is 4.45. The molecule has 2 N–H and O–H groups in total. The van der Waals surface area contributed by atoms with Gasteiger partial charge in [0, 0.05) is 19.3 Å². The molecule has 0 aromatic carbocycles. The summed E-state index contributed by atoms with van der Waals surface area (Å²) in [4.78, 5) is 0. The summed E-state index contributed by atoms with van der Waals surface area (Å²) < 4.78 is 5.73. The predicted molar refractivity (Wildman–Crippen MR) is 69.0 cm³/mol. The summed E-state index contributed by atoms with van der Waals surface area (Å²) >= 11 is 0. The van der Waals surface area contributed by atoms with Gasteiger partial charge in [0.2, 0.25) is 0 Å². The molecule has 2 rings (SSSR count). The summed E-state index contributed by atoms with van der Waals surface area (Å²) in [7, 11) is 0. The zero-order valence-electron chi connectivity index (χ0n) is 11.2. The highest BCUT2D eigenvalue weighted by molar-refractivity contribution is 4.85. The van der Waals surface area contributed by atoms with Crippen molar-refractivity contribution in [2.24, 2.45) is 11.8 Å². The number of nitrogens with one attached hydrogen (secondary N) is 1. The molecule has 2 aliphatic rings. The maximum Gasteiger partial charge on any atom is 0.0641 e. The Balaban J connectivity index is 1.74. The standard InChI is InChI=1S/C14H27NO2/c1-14(2)8-13(6-7-17-14)15-9-11-4-3-5-12(11)10-16/h11-13,15-16H,3-10H2,1-2H3. The second-order valence-electron chi connectivity index (χ2n) is 6.34. The molecule has 0 aromatic rings. The lowest BCUT2D eigenvalue weighted by molar-refractivity contribution is -0.0633. The van der Waals surface area contributed by atoms with Crippen molar-refractivity contribution < 1.29 is 9.84 Å². The number of hydrogen-bond donors (Lipinski definition) is 2. The third-order valence-electron chi connectivity index (χ3n) is 4.42. The molecule has 100 valence electrons. The van der Waals surface area contributed by atoms with Gasteiger partial charge in [-0.15, -0.1) is 0 Å². The minimum Gasteiger partial charge on any atom is -0.396 e. The molecule has 0 aromatic heterocycles. The first-order chi connectivity index (χ1) is 8.11. The van der Waals surface area contributed by atoms with E-state index < -0.39 is 0 Å². The molecule has 0 spiro atoms. The predicted octanol–water partition coefficient (Wildman–Crippen LogP) is 1.94. The van der Waals surface area contributed by atoms with E-state index in [0.717, 1.165) is 26.0 Å². The van der Waals surface area contributed by atoms with E-state index in [2.05, 4.69) is 19.2 Å². The molecule has 1 aliphatic heterocycles. The Morgan fingerprint density at radius 1 is 1.24 bits per heavy atom. The molecule has 1 heterocycles. The van der Waals surface area contributed by atoms with Crippen LogP contribution in [0.5, 0.6) is 0 Å². The molecule has 0 amide bonds. The highest BCUT2D eigenvalue weighted by Gasteiger charge is 2.31. The lowest BCUT2D eigenvalue weighted by Gasteiger charge is -2.36. The van der Waals surface area contributed by atoms with E-state index in [4.69, 9.17) is 4.74 Å². The van der Waals surface area contributed by atoms with Gasteiger partial charge in [0.15, 0.2) is 0 Å². The van der Waals surface area contributed by atoms with Crippen LogP contribution in [-0.4, -0.2) is 36.5 Å². The SMILES string of the molecule is CC1(C)CC(NCC2CCCC2CO)CCO1. The van der Waals surface area contributed by atoms with Crippen LogP contribution in [0, 0.1) is 11.8 Å². The van der Waals surface area contributed by atoms with Gasteiger partial charge in [0.05, 0.1) is 5.60 Å². The molecule has 3 heteroatoms. The Hall–Kier alpha value is -0.120. The molecule has 2 fully saturated rings. The third kappa shape index (κ3) is 3.67. The molecular formula is C14H27NO2. The Bertz CT molecular complexity index is 242. The summed E-state index contributed by atoms with van der Waals surface area (Å²) in [5, 5.41) is 13.0. The van der Waals surface area contributed by atoms with E-state index in [1.165, 1.54) is 19.3 Å². The highest BCUT2D eigenvalue weighted by Crippen LogP contribution is 2.31. The average Bonchev–Trinajstić information content (AvgIpc) is 2.72. The topological polar surface area (TPSA) is 41.5 Å². The largest absolute Gasteiger partial charge is 0.396 e. The summed E-state index contributed by atoms with van der Waals surface area (Å²) in [6, 6.07) is 0.596. The number of aliphatic hydroxyl groups excluding tert-OH is 1. The van der Waals surface area contributed by atoms with Crippen molar-refractivity contribution in [3.63, 3.8) is 0 Å². The van der Waals surface area contributed by atoms with E-state index in [1.807, 2.05) is 0 Å². The molecule has 0 radical (unpaired) electrons. The number of hydrogen-bond acceptors (Lipinski definition) is 3. The van der Waals surface area contributed by atoms with Crippen molar-refractivity contribution in [2.45, 2.75) is 57.6 Å². The van der Waals surface area contributed by atoms with E-state index in [1.54, 1.807) is 0 Å². The first-order valence-corrected chi connectivity index (χ1v) is 7.09. The fourth-order valence-electron chi connectivity index (χ4n) is 3.35. The van der Waals surface area contributed by atoms with Crippen molar-refractivity contribution in [1.29, 1.82) is 0 Å². The van der Waals surface area contributed by atoms with Gasteiger partial charge >= 0.3 is 0 Å². The quantitative estimate of drug-likeness (QED) is 0.790. The fourth-order valence-corrected chi connectivity index (χ4v) is 3.35. The maximum absolute atomic E-state index is 9.31. The van der Waals surface area contributed by atoms with E-state index in [9.17, 15) is 5.11 Å². The van der Waals surface area contributed by atoms with Gasteiger partial charge in [-0.1, -0.05) is 6.42 Å². The molecule has 17 heavy (non-hydrogen) atoms. The normalized spacial score (nSPS) is 37.2. The molecule has 0 bridgehead atoms. The van der Waals surface area contributed by atoms with Gasteiger partial charge in [-0.3, -0.25) is 0 Å². The van der Waals surface area contributed by atoms with Gasteiger partial charge < -0.3 is 15.2 Å². The van der Waals surface area contributed by atoms with Crippen LogP contribution >= 0.6 is 0 Å². The van der Waals surface area contributed by atoms with Gasteiger partial charge in [-0.05, 0) is 57.9 Å². The maximum atomic E-state index is 9.31. The molecular weight excluding hydrogens is 214 g/mol. The third-order valence-corrected chi connectivity index (χ3v) is 4.42. The molecule has 3 unspecified atom stereocenters. The molecule has 3 nitrogen and oxygen atoms in total. The van der Waals surface area contributed by atoms with Gasteiger partial charge in [-0.2, -0.15) is 0 Å². The summed E-state index contributed by atoms with van der Waals surface area (Å²) in [5.41, 5.74) is 0.0297. The lowest BCUT2D eigenvalue weighted by Crippen LogP contribution is -2.45. The lowest BCUT2D eigenvalue weighted by atomic mass is 9.92. The summed E-state index contributed by atoms with van der Waals surface area (Å²) in [6.45, 7) is 6.66. The Morgan fingerprint density at radius 2 is 2.00 bits per heavy atom. The minimum absolute atomic E-state index is 0.0297. The van der Waals surface area contributed by atoms with E-state index >= 15 is 0 Å². The monoisotopic (exact) mass is 241 g/mol. The Labute approximate surface area is 105 Å². The average molecular weight is 241 g/mol. The minimum atomic E-state index is 0.0297. The molecule has 1 aliphatic carbocycles. The van der Waals surface area contributed by atoms with Crippen molar-refractivity contribution in [3.05, 3.63) is 0 Å². The molecule has 3 atom stereocenters.